The first-order chi connectivity index (χ1) is 17.5. The fourth-order valence-electron chi connectivity index (χ4n) is 4.40. The third-order valence-electron chi connectivity index (χ3n) is 6.27. The number of rotatable bonds is 6. The monoisotopic (exact) mass is 500 g/mol. The van der Waals surface area contributed by atoms with Crippen LogP contribution in [0.3, 0.4) is 0 Å². The molecule has 1 aliphatic heterocycles. The average molecular weight is 501 g/mol. The Labute approximate surface area is 212 Å². The number of aliphatic hydroxyl groups excluding tert-OH is 1. The van der Waals surface area contributed by atoms with E-state index in [2.05, 4.69) is 11.9 Å². The molecule has 1 saturated heterocycles. The lowest BCUT2D eigenvalue weighted by atomic mass is 9.95. The fourth-order valence-corrected chi connectivity index (χ4v) is 5.46. The molecule has 5 rings (SSSR count). The molecule has 4 aromatic rings. The molecule has 1 N–H and O–H groups in total. The zero-order valence-corrected chi connectivity index (χ0v) is 20.8. The maximum absolute atomic E-state index is 13.5. The van der Waals surface area contributed by atoms with Crippen molar-refractivity contribution in [2.24, 2.45) is 0 Å². The average Bonchev–Trinajstić information content (AvgIpc) is 3.45. The highest BCUT2D eigenvalue weighted by Gasteiger charge is 2.48. The summed E-state index contributed by atoms with van der Waals surface area (Å²) in [5.41, 5.74) is 2.91. The number of methoxy groups -OCH3 is 2. The predicted octanol–water partition coefficient (Wildman–Crippen LogP) is 5.50. The van der Waals surface area contributed by atoms with E-state index in [9.17, 15) is 14.7 Å². The second-order valence-electron chi connectivity index (χ2n) is 8.30. The second kappa shape index (κ2) is 9.47. The number of carbonyl (C=O) groups is 2. The van der Waals surface area contributed by atoms with Gasteiger partial charge in [0.2, 0.25) is 0 Å². The van der Waals surface area contributed by atoms with E-state index in [0.717, 1.165) is 22.2 Å². The van der Waals surface area contributed by atoms with Crippen molar-refractivity contribution in [2.75, 3.05) is 19.1 Å². The van der Waals surface area contributed by atoms with Crippen LogP contribution in [0.1, 0.15) is 29.7 Å². The van der Waals surface area contributed by atoms with Crippen LogP contribution < -0.4 is 14.4 Å². The quantitative estimate of drug-likeness (QED) is 0.214. The predicted molar refractivity (Wildman–Crippen MR) is 140 cm³/mol. The van der Waals surface area contributed by atoms with Crippen LogP contribution in [0.25, 0.3) is 16.0 Å². The molecule has 8 heteroatoms. The summed E-state index contributed by atoms with van der Waals surface area (Å²) in [6.07, 6.45) is 0.871. The maximum Gasteiger partial charge on any atom is 0.301 e. The molecule has 1 amide bonds. The number of ether oxygens (including phenoxy) is 2. The lowest BCUT2D eigenvalue weighted by Crippen LogP contribution is -2.29. The van der Waals surface area contributed by atoms with Crippen molar-refractivity contribution >= 4 is 44.1 Å². The van der Waals surface area contributed by atoms with Gasteiger partial charge in [0.15, 0.2) is 16.6 Å². The Balaban J connectivity index is 1.74. The van der Waals surface area contributed by atoms with E-state index in [1.54, 1.807) is 42.5 Å². The number of nitrogens with zero attached hydrogens (tertiary/aromatic N) is 2. The van der Waals surface area contributed by atoms with E-state index in [4.69, 9.17) is 9.47 Å². The van der Waals surface area contributed by atoms with E-state index in [1.807, 2.05) is 24.3 Å². The molecule has 3 aromatic carbocycles. The van der Waals surface area contributed by atoms with Crippen molar-refractivity contribution in [3.63, 3.8) is 0 Å². The smallest absolute Gasteiger partial charge is 0.301 e. The molecule has 1 unspecified atom stereocenters. The Morgan fingerprint density at radius 3 is 2.44 bits per heavy atom. The Morgan fingerprint density at radius 1 is 1.00 bits per heavy atom. The highest BCUT2D eigenvalue weighted by molar-refractivity contribution is 7.22. The van der Waals surface area contributed by atoms with Crippen LogP contribution >= 0.6 is 11.3 Å². The number of Topliss-reactive ketones (excluding diaryl/α,β-unsaturated/α-hetero) is 1. The lowest BCUT2D eigenvalue weighted by molar-refractivity contribution is -0.132. The minimum Gasteiger partial charge on any atom is -0.507 e. The van der Waals surface area contributed by atoms with E-state index in [-0.39, 0.29) is 11.3 Å². The van der Waals surface area contributed by atoms with Crippen LogP contribution in [0, 0.1) is 0 Å². The first kappa shape index (κ1) is 23.6. The van der Waals surface area contributed by atoms with Crippen molar-refractivity contribution in [1.82, 2.24) is 4.98 Å². The number of hydrogen-bond donors (Lipinski definition) is 1. The summed E-state index contributed by atoms with van der Waals surface area (Å²) >= 11 is 1.34. The Morgan fingerprint density at radius 2 is 1.75 bits per heavy atom. The number of thiazole rings is 1. The van der Waals surface area contributed by atoms with Crippen molar-refractivity contribution in [1.29, 1.82) is 0 Å². The number of benzene rings is 3. The summed E-state index contributed by atoms with van der Waals surface area (Å²) in [5.74, 6) is -0.817. The zero-order chi connectivity index (χ0) is 25.4. The van der Waals surface area contributed by atoms with E-state index >= 15 is 0 Å². The molecule has 182 valence electrons. The molecular weight excluding hydrogens is 476 g/mol. The fraction of sp³-hybridized carbons (Fsp3) is 0.179. The number of aryl methyl sites for hydroxylation is 1. The minimum absolute atomic E-state index is 0.00748. The molecule has 0 spiro atoms. The third kappa shape index (κ3) is 3.89. The number of aromatic nitrogens is 1. The normalized spacial score (nSPS) is 17.1. The molecule has 1 aliphatic rings. The first-order valence-electron chi connectivity index (χ1n) is 11.4. The molecule has 1 aromatic heterocycles. The van der Waals surface area contributed by atoms with Crippen molar-refractivity contribution in [3.05, 3.63) is 89.0 Å². The van der Waals surface area contributed by atoms with Gasteiger partial charge in [0, 0.05) is 5.56 Å². The molecular formula is C28H24N2O5S. The van der Waals surface area contributed by atoms with Gasteiger partial charge in [-0.25, -0.2) is 4.98 Å². The van der Waals surface area contributed by atoms with Crippen LogP contribution in [0.4, 0.5) is 5.13 Å². The third-order valence-corrected chi connectivity index (χ3v) is 7.29. The Bertz CT molecular complexity index is 1510. The summed E-state index contributed by atoms with van der Waals surface area (Å²) in [4.78, 5) is 32.9. The topological polar surface area (TPSA) is 89.0 Å². The summed E-state index contributed by atoms with van der Waals surface area (Å²) in [6.45, 7) is 2.07. The van der Waals surface area contributed by atoms with Crippen LogP contribution in [0.5, 0.6) is 11.5 Å². The van der Waals surface area contributed by atoms with Crippen molar-refractivity contribution in [3.8, 4) is 11.5 Å². The number of anilines is 1. The number of aliphatic hydroxyl groups is 1. The zero-order valence-electron chi connectivity index (χ0n) is 20.0. The molecule has 0 bridgehead atoms. The van der Waals surface area contributed by atoms with Crippen molar-refractivity contribution < 1.29 is 24.2 Å². The van der Waals surface area contributed by atoms with Crippen molar-refractivity contribution in [2.45, 2.75) is 19.4 Å². The van der Waals surface area contributed by atoms with Crippen LogP contribution in [-0.4, -0.2) is 36.0 Å². The summed E-state index contributed by atoms with van der Waals surface area (Å²) in [5, 5.41) is 11.6. The molecule has 0 saturated carbocycles. The van der Waals surface area contributed by atoms with Gasteiger partial charge in [-0.15, -0.1) is 0 Å². The van der Waals surface area contributed by atoms with Crippen LogP contribution in [0.2, 0.25) is 0 Å². The standard InChI is InChI=1S/C28H24N2O5S/c1-4-16-10-12-19-22(14-16)36-28(29-19)30-24(18-11-13-20(34-2)21(15-18)35-3)23(26(32)27(30)33)25(31)17-8-6-5-7-9-17/h5-15,24,31H,4H2,1-3H3. The van der Waals surface area contributed by atoms with E-state index in [1.165, 1.54) is 30.5 Å². The molecule has 0 aliphatic carbocycles. The van der Waals surface area contributed by atoms with Gasteiger partial charge in [-0.1, -0.05) is 60.7 Å². The highest BCUT2D eigenvalue weighted by Crippen LogP contribution is 2.45. The van der Waals surface area contributed by atoms with Gasteiger partial charge in [-0.3, -0.25) is 14.5 Å². The van der Waals surface area contributed by atoms with Gasteiger partial charge in [-0.2, -0.15) is 0 Å². The Kier molecular flexibility index (Phi) is 6.20. The molecule has 7 nitrogen and oxygen atoms in total. The van der Waals surface area contributed by atoms with Gasteiger partial charge in [0.05, 0.1) is 36.1 Å². The number of amides is 1. The van der Waals surface area contributed by atoms with Gasteiger partial charge in [-0.05, 0) is 41.8 Å². The molecule has 36 heavy (non-hydrogen) atoms. The molecule has 0 radical (unpaired) electrons. The Hall–Kier alpha value is -4.17. The molecule has 2 heterocycles. The largest absolute Gasteiger partial charge is 0.507 e. The second-order valence-corrected chi connectivity index (χ2v) is 9.31. The van der Waals surface area contributed by atoms with Crippen LogP contribution in [0.15, 0.2) is 72.3 Å². The van der Waals surface area contributed by atoms with Gasteiger partial charge < -0.3 is 14.6 Å². The minimum atomic E-state index is -0.906. The van der Waals surface area contributed by atoms with Gasteiger partial charge >= 0.3 is 5.91 Å². The molecule has 1 atom stereocenters. The molecule has 1 fully saturated rings. The number of hydrogen-bond acceptors (Lipinski definition) is 7. The summed E-state index contributed by atoms with van der Waals surface area (Å²) in [6, 6.07) is 19.0. The van der Waals surface area contributed by atoms with Gasteiger partial charge in [0.1, 0.15) is 5.76 Å². The summed E-state index contributed by atoms with van der Waals surface area (Å²) in [7, 11) is 3.05. The SMILES string of the molecule is CCc1ccc2nc(N3C(=O)C(=O)C(=C(O)c4ccccc4)C3c3ccc(OC)c(OC)c3)sc2c1. The maximum atomic E-state index is 13.5. The number of carbonyl (C=O) groups excluding carboxylic acids is 2. The highest BCUT2D eigenvalue weighted by atomic mass is 32.1. The van der Waals surface area contributed by atoms with E-state index < -0.39 is 17.7 Å². The summed E-state index contributed by atoms with van der Waals surface area (Å²) < 4.78 is 11.8. The van der Waals surface area contributed by atoms with Crippen LogP contribution in [-0.2, 0) is 16.0 Å². The first-order valence-corrected chi connectivity index (χ1v) is 12.3. The number of ketones is 1. The lowest BCUT2D eigenvalue weighted by Gasteiger charge is -2.23. The number of fused-ring (bicyclic) bond motifs is 1. The van der Waals surface area contributed by atoms with E-state index in [0.29, 0.717) is 27.8 Å². The van der Waals surface area contributed by atoms with Gasteiger partial charge in [0.25, 0.3) is 5.78 Å².